The van der Waals surface area contributed by atoms with E-state index in [1.54, 1.807) is 0 Å². The van der Waals surface area contributed by atoms with Gasteiger partial charge in [0.1, 0.15) is 5.82 Å². The molecule has 3 aromatic rings. The molecule has 1 aliphatic rings. The number of hydrogen-bond acceptors (Lipinski definition) is 2. The Morgan fingerprint density at radius 3 is 3.17 bits per heavy atom. The lowest BCUT2D eigenvalue weighted by Crippen LogP contribution is -2.41. The van der Waals surface area contributed by atoms with Crippen LogP contribution in [0.3, 0.4) is 0 Å². The number of aromatic nitrogens is 3. The van der Waals surface area contributed by atoms with Gasteiger partial charge in [-0.2, -0.15) is 0 Å². The first-order valence-electron chi connectivity index (χ1n) is 8.03. The van der Waals surface area contributed by atoms with Crippen molar-refractivity contribution in [3.05, 3.63) is 54.2 Å². The molecule has 2 aromatic heterocycles. The van der Waals surface area contributed by atoms with Gasteiger partial charge in [0.25, 0.3) is 0 Å². The molecule has 4 rings (SSSR count). The number of fused-ring (bicyclic) bond motifs is 2. The zero-order valence-corrected chi connectivity index (χ0v) is 13.2. The molecule has 5 heteroatoms. The summed E-state index contributed by atoms with van der Waals surface area (Å²) in [5.74, 6) is 1.21. The van der Waals surface area contributed by atoms with Crippen LogP contribution in [0.1, 0.15) is 17.8 Å². The first-order chi connectivity index (χ1) is 11.2. The summed E-state index contributed by atoms with van der Waals surface area (Å²) < 4.78 is 4.21. The van der Waals surface area contributed by atoms with Crippen LogP contribution in [-0.4, -0.2) is 26.1 Å². The fourth-order valence-corrected chi connectivity index (χ4v) is 3.50. The second kappa shape index (κ2) is 5.57. The zero-order valence-electron chi connectivity index (χ0n) is 13.2. The van der Waals surface area contributed by atoms with Crippen LogP contribution in [0.5, 0.6) is 0 Å². The van der Waals surface area contributed by atoms with E-state index in [9.17, 15) is 4.79 Å². The lowest BCUT2D eigenvalue weighted by molar-refractivity contribution is -0.121. The zero-order chi connectivity index (χ0) is 15.8. The molecule has 118 valence electrons. The number of carbonyl (C=O) groups is 1. The predicted octanol–water partition coefficient (Wildman–Crippen LogP) is 2.05. The number of nitrogens with zero attached hydrogens (tertiary/aromatic N) is 3. The normalized spacial score (nSPS) is 17.2. The van der Waals surface area contributed by atoms with Crippen LogP contribution >= 0.6 is 0 Å². The van der Waals surface area contributed by atoms with E-state index in [0.717, 1.165) is 41.7 Å². The van der Waals surface area contributed by atoms with E-state index in [0.29, 0.717) is 6.42 Å². The third-order valence-corrected chi connectivity index (χ3v) is 4.63. The first kappa shape index (κ1) is 14.1. The lowest BCUT2D eigenvalue weighted by Gasteiger charge is -2.24. The van der Waals surface area contributed by atoms with Gasteiger partial charge in [-0.1, -0.05) is 18.2 Å². The number of benzene rings is 1. The van der Waals surface area contributed by atoms with E-state index < -0.39 is 0 Å². The second-order valence-electron chi connectivity index (χ2n) is 6.26. The minimum Gasteiger partial charge on any atom is -0.351 e. The average Bonchev–Trinajstić information content (AvgIpc) is 3.12. The molecule has 0 saturated carbocycles. The van der Waals surface area contributed by atoms with Crippen molar-refractivity contribution in [3.63, 3.8) is 0 Å². The molecule has 0 aliphatic carbocycles. The number of aryl methyl sites for hydroxylation is 2. The molecular formula is C18H20N4O. The fraction of sp³-hybridized carbons (Fsp3) is 0.333. The second-order valence-corrected chi connectivity index (χ2v) is 6.26. The smallest absolute Gasteiger partial charge is 0.224 e. The molecule has 1 N–H and O–H groups in total. The summed E-state index contributed by atoms with van der Waals surface area (Å²) in [4.78, 5) is 16.8. The summed E-state index contributed by atoms with van der Waals surface area (Å²) in [7, 11) is 2.02. The van der Waals surface area contributed by atoms with Gasteiger partial charge in [0, 0.05) is 55.5 Å². The van der Waals surface area contributed by atoms with E-state index in [1.165, 1.54) is 0 Å². The molecule has 0 fully saturated rings. The molecule has 0 bridgehead atoms. The van der Waals surface area contributed by atoms with Crippen LogP contribution in [0.15, 0.2) is 42.9 Å². The number of hydrogen-bond donors (Lipinski definition) is 1. The van der Waals surface area contributed by atoms with Gasteiger partial charge in [0.05, 0.1) is 6.42 Å². The standard InChI is InChI=1S/C18H20N4O/c1-21-11-13(15-4-2-3-5-16(15)21)10-18(23)20-14-6-7-17-19-8-9-22(17)12-14/h2-5,8-9,11,14H,6-7,10,12H2,1H3,(H,20,23). The number of nitrogens with one attached hydrogen (secondary N) is 1. The Morgan fingerprint density at radius 1 is 1.39 bits per heavy atom. The van der Waals surface area contributed by atoms with Crippen molar-refractivity contribution in [2.75, 3.05) is 0 Å². The number of imidazole rings is 1. The maximum atomic E-state index is 12.4. The summed E-state index contributed by atoms with van der Waals surface area (Å²) in [6.07, 6.45) is 8.17. The number of para-hydroxylation sites is 1. The van der Waals surface area contributed by atoms with Crippen LogP contribution in [0, 0.1) is 0 Å². The number of amides is 1. The van der Waals surface area contributed by atoms with Gasteiger partial charge in [0.2, 0.25) is 5.91 Å². The van der Waals surface area contributed by atoms with Crippen LogP contribution < -0.4 is 5.32 Å². The molecular weight excluding hydrogens is 288 g/mol. The van der Waals surface area contributed by atoms with Crippen molar-refractivity contribution in [1.82, 2.24) is 19.4 Å². The molecule has 0 saturated heterocycles. The molecule has 1 aromatic carbocycles. The van der Waals surface area contributed by atoms with Gasteiger partial charge in [0.15, 0.2) is 0 Å². The van der Waals surface area contributed by atoms with Gasteiger partial charge >= 0.3 is 0 Å². The number of carbonyl (C=O) groups excluding carboxylic acids is 1. The molecule has 1 unspecified atom stereocenters. The maximum absolute atomic E-state index is 12.4. The summed E-state index contributed by atoms with van der Waals surface area (Å²) in [5.41, 5.74) is 2.25. The molecule has 23 heavy (non-hydrogen) atoms. The molecule has 0 radical (unpaired) electrons. The molecule has 1 amide bonds. The van der Waals surface area contributed by atoms with Crippen molar-refractivity contribution in [2.45, 2.75) is 31.8 Å². The SMILES string of the molecule is Cn1cc(CC(=O)NC2CCc3nccn3C2)c2ccccc21. The highest BCUT2D eigenvalue weighted by molar-refractivity contribution is 5.89. The minimum atomic E-state index is 0.0925. The van der Waals surface area contributed by atoms with Crippen molar-refractivity contribution < 1.29 is 4.79 Å². The van der Waals surface area contributed by atoms with Gasteiger partial charge in [-0.05, 0) is 18.1 Å². The number of rotatable bonds is 3. The highest BCUT2D eigenvalue weighted by Crippen LogP contribution is 2.21. The third kappa shape index (κ3) is 2.63. The van der Waals surface area contributed by atoms with E-state index in [4.69, 9.17) is 0 Å². The molecule has 1 aliphatic heterocycles. The van der Waals surface area contributed by atoms with Crippen LogP contribution in [0.25, 0.3) is 10.9 Å². The quantitative estimate of drug-likeness (QED) is 0.805. The largest absolute Gasteiger partial charge is 0.351 e. The van der Waals surface area contributed by atoms with Crippen LogP contribution in [0.2, 0.25) is 0 Å². The van der Waals surface area contributed by atoms with Crippen molar-refractivity contribution >= 4 is 16.8 Å². The van der Waals surface area contributed by atoms with Crippen LogP contribution in [-0.2, 0) is 31.2 Å². The topological polar surface area (TPSA) is 51.9 Å². The highest BCUT2D eigenvalue weighted by Gasteiger charge is 2.20. The van der Waals surface area contributed by atoms with Crippen molar-refractivity contribution in [1.29, 1.82) is 0 Å². The Balaban J connectivity index is 1.46. The maximum Gasteiger partial charge on any atom is 0.224 e. The van der Waals surface area contributed by atoms with E-state index in [1.807, 2.05) is 31.6 Å². The third-order valence-electron chi connectivity index (χ3n) is 4.63. The fourth-order valence-electron chi connectivity index (χ4n) is 3.50. The van der Waals surface area contributed by atoms with Gasteiger partial charge in [-0.25, -0.2) is 4.98 Å². The summed E-state index contributed by atoms with van der Waals surface area (Å²) in [6, 6.07) is 8.40. The molecule has 0 spiro atoms. The highest BCUT2D eigenvalue weighted by atomic mass is 16.1. The Kier molecular flexibility index (Phi) is 3.41. The summed E-state index contributed by atoms with van der Waals surface area (Å²) in [6.45, 7) is 0.816. The Labute approximate surface area is 134 Å². The van der Waals surface area contributed by atoms with E-state index >= 15 is 0 Å². The van der Waals surface area contributed by atoms with Crippen molar-refractivity contribution in [3.8, 4) is 0 Å². The minimum absolute atomic E-state index is 0.0925. The van der Waals surface area contributed by atoms with Gasteiger partial charge in [-0.3, -0.25) is 4.79 Å². The van der Waals surface area contributed by atoms with E-state index in [2.05, 4.69) is 37.8 Å². The van der Waals surface area contributed by atoms with Gasteiger partial charge < -0.3 is 14.5 Å². The monoisotopic (exact) mass is 308 g/mol. The average molecular weight is 308 g/mol. The Hall–Kier alpha value is -2.56. The predicted molar refractivity (Wildman–Crippen MR) is 89.1 cm³/mol. The Morgan fingerprint density at radius 2 is 2.26 bits per heavy atom. The van der Waals surface area contributed by atoms with Crippen molar-refractivity contribution in [2.24, 2.45) is 7.05 Å². The molecule has 1 atom stereocenters. The van der Waals surface area contributed by atoms with Crippen LogP contribution in [0.4, 0.5) is 0 Å². The summed E-state index contributed by atoms with van der Waals surface area (Å²) in [5, 5.41) is 4.33. The van der Waals surface area contributed by atoms with E-state index in [-0.39, 0.29) is 11.9 Å². The lowest BCUT2D eigenvalue weighted by atomic mass is 10.1. The first-order valence-corrected chi connectivity index (χ1v) is 8.03. The summed E-state index contributed by atoms with van der Waals surface area (Å²) >= 11 is 0. The Bertz CT molecular complexity index is 861. The van der Waals surface area contributed by atoms with Gasteiger partial charge in [-0.15, -0.1) is 0 Å². The molecule has 5 nitrogen and oxygen atoms in total. The molecule has 3 heterocycles.